The lowest BCUT2D eigenvalue weighted by molar-refractivity contribution is 0.931. The van der Waals surface area contributed by atoms with Gasteiger partial charge in [-0.15, -0.1) is 33.2 Å². The van der Waals surface area contributed by atoms with Crippen molar-refractivity contribution >= 4 is 32.9 Å². The molecule has 62 valence electrons. The lowest BCUT2D eigenvalue weighted by atomic mass is 10.4. The Hall–Kier alpha value is 0.260. The molecule has 0 N–H and O–H groups in total. The monoisotopic (exact) mass is 206 g/mol. The molecule has 1 atom stereocenters. The van der Waals surface area contributed by atoms with Crippen molar-refractivity contribution in [2.24, 2.45) is 0 Å². The van der Waals surface area contributed by atoms with Crippen molar-refractivity contribution in [1.29, 1.82) is 0 Å². The minimum atomic E-state index is -0.181. The van der Waals surface area contributed by atoms with Gasteiger partial charge in [-0.25, -0.2) is 0 Å². The van der Waals surface area contributed by atoms with Crippen molar-refractivity contribution in [2.45, 2.75) is 17.6 Å². The van der Waals surface area contributed by atoms with E-state index in [0.717, 1.165) is 0 Å². The number of aromatic nitrogens is 2. The lowest BCUT2D eigenvalue weighted by Crippen LogP contribution is -2.02. The van der Waals surface area contributed by atoms with Gasteiger partial charge in [-0.3, -0.25) is 0 Å². The molecule has 0 spiro atoms. The normalized spacial score (nSPS) is 24.7. The molecule has 1 heterocycles. The molecule has 0 aliphatic heterocycles. The summed E-state index contributed by atoms with van der Waals surface area (Å²) in [6.07, 6.45) is 4.72. The number of hydrogen-bond acceptors (Lipinski definition) is 4. The maximum absolute atomic E-state index is 4.53. The van der Waals surface area contributed by atoms with E-state index in [1.165, 1.54) is 17.8 Å². The third-order valence-corrected chi connectivity index (χ3v) is 6.19. The summed E-state index contributed by atoms with van der Waals surface area (Å²) in [4.78, 5) is 0. The maximum atomic E-state index is 4.53. The molecule has 2 nitrogen and oxygen atoms in total. The Bertz CT molecular complexity index is 240. The van der Waals surface area contributed by atoms with Crippen LogP contribution in [0.2, 0.25) is 0 Å². The van der Waals surface area contributed by atoms with Crippen LogP contribution in [0.15, 0.2) is 5.51 Å². The smallest absolute Gasteiger partial charge is 0.132 e. The fraction of sp³-hybridized carbons (Fsp3) is 0.667. The highest BCUT2D eigenvalue weighted by Crippen LogP contribution is 2.65. The summed E-state index contributed by atoms with van der Waals surface area (Å²) < 4.78 is 0.347. The van der Waals surface area contributed by atoms with Crippen molar-refractivity contribution in [1.82, 2.24) is 10.2 Å². The Morgan fingerprint density at radius 3 is 2.82 bits per heavy atom. The largest absolute Gasteiger partial charge is 0.198 e. The molecule has 2 rings (SSSR count). The molecule has 0 amide bonds. The molecule has 0 radical (unpaired) electrons. The molecule has 0 bridgehead atoms. The van der Waals surface area contributed by atoms with Crippen LogP contribution < -0.4 is 0 Å². The van der Waals surface area contributed by atoms with Gasteiger partial charge in [0.05, 0.1) is 4.75 Å². The van der Waals surface area contributed by atoms with Gasteiger partial charge in [0.2, 0.25) is 0 Å². The van der Waals surface area contributed by atoms with Crippen LogP contribution in [0.4, 0.5) is 0 Å². The first-order valence-corrected chi connectivity index (χ1v) is 7.27. The Morgan fingerprint density at radius 1 is 1.73 bits per heavy atom. The average molecular weight is 206 g/mol. The van der Waals surface area contributed by atoms with Gasteiger partial charge in [-0.05, 0) is 19.1 Å². The van der Waals surface area contributed by atoms with Crippen molar-refractivity contribution in [3.8, 4) is 0 Å². The Labute approximate surface area is 77.6 Å². The number of rotatable bonds is 2. The summed E-state index contributed by atoms with van der Waals surface area (Å²) in [5.74, 6) is 0. The third kappa shape index (κ3) is 1.19. The Morgan fingerprint density at radius 2 is 2.45 bits per heavy atom. The number of hydrogen-bond donors (Lipinski definition) is 2. The van der Waals surface area contributed by atoms with E-state index < -0.39 is 0 Å². The predicted molar refractivity (Wildman–Crippen MR) is 54.7 cm³/mol. The molecule has 1 aliphatic carbocycles. The molecule has 1 fully saturated rings. The second-order valence-corrected chi connectivity index (χ2v) is 7.34. The standard InChI is InChI=1S/C6H10N2S3/c1-11(9)6(2-3-6)5-8-7-4-10-5/h4,9,11H,2-3H2,1H3. The van der Waals surface area contributed by atoms with Gasteiger partial charge < -0.3 is 0 Å². The molecule has 11 heavy (non-hydrogen) atoms. The van der Waals surface area contributed by atoms with Crippen molar-refractivity contribution in [2.75, 3.05) is 6.26 Å². The molecule has 1 saturated carbocycles. The van der Waals surface area contributed by atoms with Crippen LogP contribution in [0.3, 0.4) is 0 Å². The molecule has 1 aliphatic rings. The van der Waals surface area contributed by atoms with Crippen molar-refractivity contribution < 1.29 is 0 Å². The van der Waals surface area contributed by atoms with E-state index in [-0.39, 0.29) is 9.93 Å². The summed E-state index contributed by atoms with van der Waals surface area (Å²) in [6.45, 7) is 0. The highest BCUT2D eigenvalue weighted by atomic mass is 33.1. The van der Waals surface area contributed by atoms with Gasteiger partial charge in [0.1, 0.15) is 10.5 Å². The van der Waals surface area contributed by atoms with Crippen LogP contribution in [-0.2, 0) is 4.75 Å². The molecule has 0 saturated heterocycles. The number of nitrogens with zero attached hydrogens (tertiary/aromatic N) is 2. The predicted octanol–water partition coefficient (Wildman–Crippen LogP) is 2.00. The van der Waals surface area contributed by atoms with E-state index in [0.29, 0.717) is 4.75 Å². The van der Waals surface area contributed by atoms with Gasteiger partial charge in [0.15, 0.2) is 0 Å². The van der Waals surface area contributed by atoms with E-state index >= 15 is 0 Å². The molecule has 0 aromatic carbocycles. The summed E-state index contributed by atoms with van der Waals surface area (Å²) in [5, 5.41) is 9.16. The molecular weight excluding hydrogens is 196 g/mol. The van der Waals surface area contributed by atoms with E-state index in [1.54, 1.807) is 11.3 Å². The molecule has 1 aromatic heterocycles. The maximum Gasteiger partial charge on any atom is 0.132 e. The van der Waals surface area contributed by atoms with Gasteiger partial charge in [0.25, 0.3) is 0 Å². The highest BCUT2D eigenvalue weighted by Gasteiger charge is 2.49. The van der Waals surface area contributed by atoms with Crippen LogP contribution in [0.25, 0.3) is 0 Å². The zero-order chi connectivity index (χ0) is 7.90. The van der Waals surface area contributed by atoms with E-state index in [1.807, 2.05) is 5.51 Å². The number of thiol groups is 2. The minimum Gasteiger partial charge on any atom is -0.198 e. The average Bonchev–Trinajstić information content (AvgIpc) is 2.61. The first-order valence-electron chi connectivity index (χ1n) is 3.45. The van der Waals surface area contributed by atoms with Gasteiger partial charge in [-0.1, -0.05) is 0 Å². The molecule has 1 unspecified atom stereocenters. The van der Waals surface area contributed by atoms with E-state index in [9.17, 15) is 0 Å². The molecule has 5 heteroatoms. The van der Waals surface area contributed by atoms with Crippen molar-refractivity contribution in [3.63, 3.8) is 0 Å². The van der Waals surface area contributed by atoms with Crippen LogP contribution in [0, 0.1) is 0 Å². The zero-order valence-electron chi connectivity index (χ0n) is 6.19. The summed E-state index contributed by atoms with van der Waals surface area (Å²) in [5.41, 5.74) is 1.81. The molecule has 1 aromatic rings. The minimum absolute atomic E-state index is 0.181. The van der Waals surface area contributed by atoms with E-state index in [4.69, 9.17) is 0 Å². The van der Waals surface area contributed by atoms with Crippen LogP contribution in [0.1, 0.15) is 17.8 Å². The van der Waals surface area contributed by atoms with Gasteiger partial charge in [-0.2, -0.15) is 9.93 Å². The fourth-order valence-electron chi connectivity index (χ4n) is 1.17. The molecular formula is C6H10N2S3. The van der Waals surface area contributed by atoms with Gasteiger partial charge in [0, 0.05) is 0 Å². The van der Waals surface area contributed by atoms with Crippen molar-refractivity contribution in [3.05, 3.63) is 10.5 Å². The van der Waals surface area contributed by atoms with Crippen LogP contribution in [-0.4, -0.2) is 16.5 Å². The van der Waals surface area contributed by atoms with Gasteiger partial charge >= 0.3 is 0 Å². The first kappa shape index (κ1) is 7.89. The topological polar surface area (TPSA) is 25.8 Å². The quantitative estimate of drug-likeness (QED) is 0.572. The Kier molecular flexibility index (Phi) is 1.89. The van der Waals surface area contributed by atoms with Crippen LogP contribution in [0.5, 0.6) is 0 Å². The second kappa shape index (κ2) is 2.64. The SMILES string of the molecule is C[SH](S)C1(c2nncs2)CC1. The van der Waals surface area contributed by atoms with E-state index in [2.05, 4.69) is 28.1 Å². The fourth-order valence-corrected chi connectivity index (χ4v) is 4.62. The summed E-state index contributed by atoms with van der Waals surface area (Å²) in [6, 6.07) is 0. The lowest BCUT2D eigenvalue weighted by Gasteiger charge is -2.18. The third-order valence-electron chi connectivity index (χ3n) is 2.10. The highest BCUT2D eigenvalue weighted by molar-refractivity contribution is 8.78. The first-order chi connectivity index (χ1) is 5.26. The summed E-state index contributed by atoms with van der Waals surface area (Å²) in [7, 11) is -0.181. The Balaban J connectivity index is 2.29. The second-order valence-electron chi connectivity index (χ2n) is 2.80. The van der Waals surface area contributed by atoms with Crippen LogP contribution >= 0.6 is 32.9 Å². The summed E-state index contributed by atoms with van der Waals surface area (Å²) >= 11 is 6.20. The zero-order valence-corrected chi connectivity index (χ0v) is 8.79.